The molecule has 1 fully saturated rings. The lowest BCUT2D eigenvalue weighted by Crippen LogP contribution is -2.41. The number of nitrogens with zero attached hydrogens (tertiary/aromatic N) is 2. The Balaban J connectivity index is 2.41. The van der Waals surface area contributed by atoms with E-state index in [1.54, 1.807) is 0 Å². The molecule has 0 aromatic carbocycles. The minimum Gasteiger partial charge on any atom is -0.377 e. The molecule has 0 aromatic rings. The van der Waals surface area contributed by atoms with Gasteiger partial charge in [0.15, 0.2) is 0 Å². The molecule has 1 aliphatic heterocycles. The van der Waals surface area contributed by atoms with E-state index in [1.165, 1.54) is 0 Å². The zero-order valence-corrected chi connectivity index (χ0v) is 5.50. The van der Waals surface area contributed by atoms with Crippen LogP contribution in [0.1, 0.15) is 0 Å². The van der Waals surface area contributed by atoms with Crippen LogP contribution in [0.5, 0.6) is 0 Å². The molecule has 0 aromatic heterocycles. The first-order valence-corrected chi connectivity index (χ1v) is 3.02. The Bertz CT molecular complexity index is 130. The second-order valence-corrected chi connectivity index (χ2v) is 2.20. The maximum Gasteiger partial charge on any atom is 0.121 e. The lowest BCUT2D eigenvalue weighted by molar-refractivity contribution is 0.0260. The highest BCUT2D eigenvalue weighted by molar-refractivity contribution is 4.91. The van der Waals surface area contributed by atoms with Crippen LogP contribution < -0.4 is 0 Å². The standard InChI is InChI=1S/C6H10N2O/c1-8-2-3-9-5-6(8)4-7/h6H,2-3,5H2,1H3/t6-/m0/s1. The molecule has 0 aliphatic carbocycles. The molecule has 0 N–H and O–H groups in total. The summed E-state index contributed by atoms with van der Waals surface area (Å²) in [5.74, 6) is 0. The molecule has 1 aliphatic rings. The van der Waals surface area contributed by atoms with E-state index in [9.17, 15) is 0 Å². The van der Waals surface area contributed by atoms with Crippen molar-refractivity contribution < 1.29 is 4.74 Å². The van der Waals surface area contributed by atoms with Crippen molar-refractivity contribution in [3.05, 3.63) is 0 Å². The van der Waals surface area contributed by atoms with Crippen LogP contribution in [0.25, 0.3) is 0 Å². The Morgan fingerprint density at radius 1 is 1.78 bits per heavy atom. The monoisotopic (exact) mass is 126 g/mol. The van der Waals surface area contributed by atoms with Gasteiger partial charge in [0.25, 0.3) is 0 Å². The van der Waals surface area contributed by atoms with Gasteiger partial charge in [0.1, 0.15) is 6.04 Å². The molecule has 0 saturated carbocycles. The van der Waals surface area contributed by atoms with E-state index in [-0.39, 0.29) is 6.04 Å². The summed E-state index contributed by atoms with van der Waals surface area (Å²) in [4.78, 5) is 2.00. The fourth-order valence-electron chi connectivity index (χ4n) is 0.822. The molecule has 1 atom stereocenters. The molecule has 3 heteroatoms. The second-order valence-electron chi connectivity index (χ2n) is 2.20. The third-order valence-corrected chi connectivity index (χ3v) is 1.55. The van der Waals surface area contributed by atoms with Gasteiger partial charge in [-0.2, -0.15) is 5.26 Å². The van der Waals surface area contributed by atoms with Crippen molar-refractivity contribution in [3.8, 4) is 6.07 Å². The first-order valence-electron chi connectivity index (χ1n) is 3.02. The summed E-state index contributed by atoms with van der Waals surface area (Å²) < 4.78 is 5.08. The van der Waals surface area contributed by atoms with E-state index in [1.807, 2.05) is 11.9 Å². The summed E-state index contributed by atoms with van der Waals surface area (Å²) in [6, 6.07) is 2.13. The number of rotatable bonds is 0. The fourth-order valence-corrected chi connectivity index (χ4v) is 0.822. The minimum absolute atomic E-state index is 0.0289. The van der Waals surface area contributed by atoms with Gasteiger partial charge in [-0.05, 0) is 7.05 Å². The van der Waals surface area contributed by atoms with Crippen molar-refractivity contribution in [1.29, 1.82) is 5.26 Å². The summed E-state index contributed by atoms with van der Waals surface area (Å²) in [6.07, 6.45) is 0. The fraction of sp³-hybridized carbons (Fsp3) is 0.833. The van der Waals surface area contributed by atoms with Crippen LogP contribution in [0.2, 0.25) is 0 Å². The van der Waals surface area contributed by atoms with E-state index >= 15 is 0 Å². The van der Waals surface area contributed by atoms with Gasteiger partial charge in [-0.25, -0.2) is 0 Å². The van der Waals surface area contributed by atoms with Crippen molar-refractivity contribution in [1.82, 2.24) is 4.90 Å². The molecule has 0 radical (unpaired) electrons. The summed E-state index contributed by atoms with van der Waals surface area (Å²) in [5, 5.41) is 8.49. The Morgan fingerprint density at radius 2 is 2.56 bits per heavy atom. The average molecular weight is 126 g/mol. The quantitative estimate of drug-likeness (QED) is 0.452. The Morgan fingerprint density at radius 3 is 3.00 bits per heavy atom. The summed E-state index contributed by atoms with van der Waals surface area (Å²) in [7, 11) is 1.94. The maximum atomic E-state index is 8.49. The topological polar surface area (TPSA) is 36.3 Å². The van der Waals surface area contributed by atoms with Gasteiger partial charge < -0.3 is 4.74 Å². The minimum atomic E-state index is -0.0289. The van der Waals surface area contributed by atoms with Gasteiger partial charge >= 0.3 is 0 Å². The third-order valence-electron chi connectivity index (χ3n) is 1.55. The normalized spacial score (nSPS) is 29.6. The van der Waals surface area contributed by atoms with Crippen LogP contribution in [0.3, 0.4) is 0 Å². The number of ether oxygens (including phenoxy) is 1. The Labute approximate surface area is 54.8 Å². The molecule has 0 unspecified atom stereocenters. The average Bonchev–Trinajstić information content (AvgIpc) is 1.89. The first kappa shape index (κ1) is 6.53. The van der Waals surface area contributed by atoms with Gasteiger partial charge in [-0.15, -0.1) is 0 Å². The van der Waals surface area contributed by atoms with E-state index in [0.29, 0.717) is 6.61 Å². The Kier molecular flexibility index (Phi) is 2.04. The zero-order chi connectivity index (χ0) is 6.69. The van der Waals surface area contributed by atoms with Crippen molar-refractivity contribution >= 4 is 0 Å². The molecular formula is C6H10N2O. The summed E-state index contributed by atoms with van der Waals surface area (Å²) in [6.45, 7) is 2.19. The third kappa shape index (κ3) is 1.41. The second kappa shape index (κ2) is 2.81. The number of morpholine rings is 1. The molecule has 9 heavy (non-hydrogen) atoms. The Hall–Kier alpha value is -0.590. The number of nitriles is 1. The van der Waals surface area contributed by atoms with Gasteiger partial charge in [-0.1, -0.05) is 0 Å². The lowest BCUT2D eigenvalue weighted by atomic mass is 10.3. The van der Waals surface area contributed by atoms with Crippen LogP contribution in [-0.2, 0) is 4.74 Å². The van der Waals surface area contributed by atoms with Crippen LogP contribution in [-0.4, -0.2) is 37.7 Å². The highest BCUT2D eigenvalue weighted by Gasteiger charge is 2.17. The van der Waals surface area contributed by atoms with E-state index in [0.717, 1.165) is 13.2 Å². The molecule has 0 spiro atoms. The van der Waals surface area contributed by atoms with Crippen molar-refractivity contribution in [3.63, 3.8) is 0 Å². The van der Waals surface area contributed by atoms with Crippen LogP contribution in [0, 0.1) is 11.3 Å². The molecule has 0 bridgehead atoms. The van der Waals surface area contributed by atoms with Gasteiger partial charge in [0.2, 0.25) is 0 Å². The van der Waals surface area contributed by atoms with Gasteiger partial charge in [-0.3, -0.25) is 4.90 Å². The van der Waals surface area contributed by atoms with Crippen LogP contribution in [0.15, 0.2) is 0 Å². The predicted octanol–water partition coefficient (Wildman–Crippen LogP) is -0.159. The zero-order valence-electron chi connectivity index (χ0n) is 5.50. The van der Waals surface area contributed by atoms with E-state index in [2.05, 4.69) is 6.07 Å². The highest BCUT2D eigenvalue weighted by Crippen LogP contribution is 2.00. The van der Waals surface area contributed by atoms with Crippen LogP contribution in [0.4, 0.5) is 0 Å². The van der Waals surface area contributed by atoms with Gasteiger partial charge in [0, 0.05) is 6.54 Å². The number of hydrogen-bond donors (Lipinski definition) is 0. The number of likely N-dealkylation sites (N-methyl/N-ethyl adjacent to an activating group) is 1. The summed E-state index contributed by atoms with van der Waals surface area (Å²) in [5.41, 5.74) is 0. The molecule has 1 rings (SSSR count). The lowest BCUT2D eigenvalue weighted by Gasteiger charge is -2.26. The maximum absolute atomic E-state index is 8.49. The van der Waals surface area contributed by atoms with E-state index in [4.69, 9.17) is 10.00 Å². The molecule has 50 valence electrons. The molecule has 3 nitrogen and oxygen atoms in total. The smallest absolute Gasteiger partial charge is 0.121 e. The number of hydrogen-bond acceptors (Lipinski definition) is 3. The van der Waals surface area contributed by atoms with E-state index < -0.39 is 0 Å². The van der Waals surface area contributed by atoms with Crippen molar-refractivity contribution in [2.45, 2.75) is 6.04 Å². The molecule has 1 saturated heterocycles. The molecular weight excluding hydrogens is 116 g/mol. The molecule has 0 amide bonds. The van der Waals surface area contributed by atoms with Crippen molar-refractivity contribution in [2.75, 3.05) is 26.8 Å². The predicted molar refractivity (Wildman–Crippen MR) is 32.8 cm³/mol. The first-order chi connectivity index (χ1) is 4.34. The van der Waals surface area contributed by atoms with Crippen molar-refractivity contribution in [2.24, 2.45) is 0 Å². The SMILES string of the molecule is CN1CCOC[C@@H]1C#N. The van der Waals surface area contributed by atoms with Crippen LogP contribution >= 0.6 is 0 Å². The summed E-state index contributed by atoms with van der Waals surface area (Å²) >= 11 is 0. The van der Waals surface area contributed by atoms with Gasteiger partial charge in [0.05, 0.1) is 19.3 Å². The molecule has 1 heterocycles. The highest BCUT2D eigenvalue weighted by atomic mass is 16.5. The largest absolute Gasteiger partial charge is 0.377 e.